The molecule has 0 bridgehead atoms. The minimum Gasteiger partial charge on any atom is -0.314 e. The maximum absolute atomic E-state index is 3.61. The molecule has 0 radical (unpaired) electrons. The molecule has 0 aromatic carbocycles. The van der Waals surface area contributed by atoms with Gasteiger partial charge >= 0.3 is 0 Å². The van der Waals surface area contributed by atoms with E-state index in [1.807, 2.05) is 0 Å². The van der Waals surface area contributed by atoms with E-state index in [0.29, 0.717) is 5.54 Å². The lowest BCUT2D eigenvalue weighted by molar-refractivity contribution is 0.193. The highest BCUT2D eigenvalue weighted by Crippen LogP contribution is 2.30. The summed E-state index contributed by atoms with van der Waals surface area (Å²) in [6.07, 6.45) is 9.66. The fourth-order valence-corrected chi connectivity index (χ4v) is 2.85. The Kier molecular flexibility index (Phi) is 6.50. The Labute approximate surface area is 108 Å². The maximum atomic E-state index is 3.61. The van der Waals surface area contributed by atoms with Crippen molar-refractivity contribution in [3.63, 3.8) is 0 Å². The molecule has 102 valence electrons. The molecule has 1 fully saturated rings. The zero-order valence-electron chi connectivity index (χ0n) is 12.4. The summed E-state index contributed by atoms with van der Waals surface area (Å²) in [5.41, 5.74) is 0.449. The first kappa shape index (κ1) is 15.0. The van der Waals surface area contributed by atoms with E-state index in [2.05, 4.69) is 38.2 Å². The molecule has 1 N–H and O–H groups in total. The second kappa shape index (κ2) is 7.38. The van der Waals surface area contributed by atoms with Crippen molar-refractivity contribution in [2.45, 2.75) is 64.3 Å². The summed E-state index contributed by atoms with van der Waals surface area (Å²) in [6.45, 7) is 7.11. The fraction of sp³-hybridized carbons (Fsp3) is 1.00. The van der Waals surface area contributed by atoms with Gasteiger partial charge in [0.25, 0.3) is 0 Å². The maximum Gasteiger partial charge on any atom is 0.0190 e. The molecule has 0 heterocycles. The van der Waals surface area contributed by atoms with Crippen LogP contribution in [0.25, 0.3) is 0 Å². The monoisotopic (exact) mass is 240 g/mol. The van der Waals surface area contributed by atoms with E-state index in [9.17, 15) is 0 Å². The van der Waals surface area contributed by atoms with E-state index >= 15 is 0 Å². The van der Waals surface area contributed by atoms with Gasteiger partial charge in [-0.05, 0) is 58.8 Å². The Hall–Kier alpha value is -0.0800. The predicted octanol–water partition coefficient (Wildman–Crippen LogP) is 3.28. The molecule has 0 aromatic rings. The second-order valence-electron chi connectivity index (χ2n) is 6.33. The van der Waals surface area contributed by atoms with Gasteiger partial charge in [0.1, 0.15) is 0 Å². The van der Waals surface area contributed by atoms with Crippen molar-refractivity contribution in [1.29, 1.82) is 0 Å². The van der Waals surface area contributed by atoms with Crippen LogP contribution in [0.3, 0.4) is 0 Å². The van der Waals surface area contributed by atoms with Crippen LogP contribution in [0.15, 0.2) is 0 Å². The predicted molar refractivity (Wildman–Crippen MR) is 76.4 cm³/mol. The van der Waals surface area contributed by atoms with E-state index in [-0.39, 0.29) is 0 Å². The molecule has 0 aromatic heterocycles. The van der Waals surface area contributed by atoms with Crippen molar-refractivity contribution in [1.82, 2.24) is 10.2 Å². The highest BCUT2D eigenvalue weighted by Gasteiger charge is 2.29. The molecule has 0 spiro atoms. The number of hydrogen-bond acceptors (Lipinski definition) is 2. The SMILES string of the molecule is CNC1(CCN(C)CCC(C)C)CCCCC1. The molecule has 0 aliphatic heterocycles. The average Bonchev–Trinajstić information content (AvgIpc) is 2.35. The molecule has 0 amide bonds. The zero-order valence-corrected chi connectivity index (χ0v) is 12.4. The van der Waals surface area contributed by atoms with Gasteiger partial charge in [0, 0.05) is 5.54 Å². The molecule has 17 heavy (non-hydrogen) atoms. The van der Waals surface area contributed by atoms with Crippen molar-refractivity contribution >= 4 is 0 Å². The summed E-state index contributed by atoms with van der Waals surface area (Å²) in [7, 11) is 4.42. The van der Waals surface area contributed by atoms with Crippen molar-refractivity contribution in [2.75, 3.05) is 27.2 Å². The van der Waals surface area contributed by atoms with Crippen LogP contribution in [0.4, 0.5) is 0 Å². The third-order valence-electron chi connectivity index (χ3n) is 4.40. The lowest BCUT2D eigenvalue weighted by Gasteiger charge is -2.38. The van der Waals surface area contributed by atoms with E-state index < -0.39 is 0 Å². The number of hydrogen-bond donors (Lipinski definition) is 1. The second-order valence-corrected chi connectivity index (χ2v) is 6.33. The Balaban J connectivity index is 2.26. The molecular weight excluding hydrogens is 208 g/mol. The van der Waals surface area contributed by atoms with Crippen LogP contribution in [-0.4, -0.2) is 37.6 Å². The van der Waals surface area contributed by atoms with Gasteiger partial charge in [0.05, 0.1) is 0 Å². The lowest BCUT2D eigenvalue weighted by Crippen LogP contribution is -2.46. The molecule has 1 saturated carbocycles. The van der Waals surface area contributed by atoms with Crippen molar-refractivity contribution in [2.24, 2.45) is 5.92 Å². The molecule has 0 atom stereocenters. The molecule has 2 nitrogen and oxygen atoms in total. The molecule has 1 rings (SSSR count). The van der Waals surface area contributed by atoms with Crippen LogP contribution in [0.1, 0.15) is 58.8 Å². The highest BCUT2D eigenvalue weighted by atomic mass is 15.1. The topological polar surface area (TPSA) is 15.3 Å². The summed E-state index contributed by atoms with van der Waals surface area (Å²) in [4.78, 5) is 2.51. The minimum atomic E-state index is 0.449. The Bertz CT molecular complexity index is 195. The standard InChI is InChI=1S/C15H32N2/c1-14(2)8-12-17(4)13-11-15(16-3)9-6-5-7-10-15/h14,16H,5-13H2,1-4H3. The summed E-state index contributed by atoms with van der Waals surface area (Å²) in [6, 6.07) is 0. The first-order chi connectivity index (χ1) is 8.08. The van der Waals surface area contributed by atoms with E-state index in [0.717, 1.165) is 5.92 Å². The Morgan fingerprint density at radius 1 is 1.12 bits per heavy atom. The summed E-state index contributed by atoms with van der Waals surface area (Å²) in [5, 5.41) is 3.61. The van der Waals surface area contributed by atoms with Gasteiger partial charge in [0.2, 0.25) is 0 Å². The third kappa shape index (κ3) is 5.39. The molecule has 0 saturated heterocycles. The Morgan fingerprint density at radius 2 is 1.76 bits per heavy atom. The van der Waals surface area contributed by atoms with Gasteiger partial charge in [-0.2, -0.15) is 0 Å². The van der Waals surface area contributed by atoms with Gasteiger partial charge in [-0.25, -0.2) is 0 Å². The van der Waals surface area contributed by atoms with Gasteiger partial charge in [-0.15, -0.1) is 0 Å². The van der Waals surface area contributed by atoms with Crippen molar-refractivity contribution in [3.05, 3.63) is 0 Å². The fourth-order valence-electron chi connectivity index (χ4n) is 2.85. The Morgan fingerprint density at radius 3 is 2.29 bits per heavy atom. The lowest BCUT2D eigenvalue weighted by atomic mass is 9.79. The van der Waals surface area contributed by atoms with Crippen molar-refractivity contribution < 1.29 is 0 Å². The quantitative estimate of drug-likeness (QED) is 0.735. The van der Waals surface area contributed by atoms with Crippen LogP contribution in [0.5, 0.6) is 0 Å². The van der Waals surface area contributed by atoms with Crippen molar-refractivity contribution in [3.8, 4) is 0 Å². The van der Waals surface area contributed by atoms with E-state index in [1.165, 1.54) is 58.0 Å². The molecule has 0 unspecified atom stereocenters. The molecule has 2 heteroatoms. The number of rotatable bonds is 7. The van der Waals surface area contributed by atoms with E-state index in [4.69, 9.17) is 0 Å². The summed E-state index contributed by atoms with van der Waals surface area (Å²) in [5.74, 6) is 0.824. The van der Waals surface area contributed by atoms with Crippen LogP contribution in [-0.2, 0) is 0 Å². The van der Waals surface area contributed by atoms with Gasteiger partial charge in [0.15, 0.2) is 0 Å². The molecule has 1 aliphatic rings. The zero-order chi connectivity index (χ0) is 12.7. The molecular formula is C15H32N2. The average molecular weight is 240 g/mol. The van der Waals surface area contributed by atoms with E-state index in [1.54, 1.807) is 0 Å². The minimum absolute atomic E-state index is 0.449. The van der Waals surface area contributed by atoms with Gasteiger partial charge < -0.3 is 10.2 Å². The normalized spacial score (nSPS) is 20.1. The third-order valence-corrected chi connectivity index (χ3v) is 4.40. The first-order valence-electron chi connectivity index (χ1n) is 7.45. The largest absolute Gasteiger partial charge is 0.314 e. The van der Waals surface area contributed by atoms with Gasteiger partial charge in [-0.1, -0.05) is 33.1 Å². The summed E-state index contributed by atoms with van der Waals surface area (Å²) < 4.78 is 0. The molecule has 1 aliphatic carbocycles. The van der Waals surface area contributed by atoms with Gasteiger partial charge in [-0.3, -0.25) is 0 Å². The first-order valence-corrected chi connectivity index (χ1v) is 7.45. The number of nitrogens with zero attached hydrogens (tertiary/aromatic N) is 1. The van der Waals surface area contributed by atoms with Crippen LogP contribution < -0.4 is 5.32 Å². The summed E-state index contributed by atoms with van der Waals surface area (Å²) >= 11 is 0. The number of nitrogens with one attached hydrogen (secondary N) is 1. The van der Waals surface area contributed by atoms with Crippen LogP contribution in [0, 0.1) is 5.92 Å². The highest BCUT2D eigenvalue weighted by molar-refractivity contribution is 4.90. The van der Waals surface area contributed by atoms with Crippen LogP contribution in [0.2, 0.25) is 0 Å². The smallest absolute Gasteiger partial charge is 0.0190 e. The van der Waals surface area contributed by atoms with Crippen LogP contribution >= 0.6 is 0 Å².